The molecule has 166 valence electrons. The van der Waals surface area contributed by atoms with Gasteiger partial charge in [0.15, 0.2) is 12.4 Å². The van der Waals surface area contributed by atoms with Crippen LogP contribution >= 0.6 is 0 Å². The van der Waals surface area contributed by atoms with E-state index in [0.29, 0.717) is 18.4 Å². The van der Waals surface area contributed by atoms with E-state index in [1.165, 1.54) is 4.31 Å². The topological polar surface area (TPSA) is 80.8 Å². The summed E-state index contributed by atoms with van der Waals surface area (Å²) in [5, 5.41) is 0. The fourth-order valence-electron chi connectivity index (χ4n) is 3.61. The van der Waals surface area contributed by atoms with Crippen LogP contribution in [0.4, 0.5) is 0 Å². The van der Waals surface area contributed by atoms with Crippen LogP contribution in [-0.2, 0) is 19.6 Å². The van der Waals surface area contributed by atoms with Crippen LogP contribution in [0.2, 0.25) is 0 Å². The number of Topliss-reactive ketones (excluding diaryl/α,β-unsaturated/α-hetero) is 1. The van der Waals surface area contributed by atoms with E-state index in [-0.39, 0.29) is 30.4 Å². The first-order valence-electron chi connectivity index (χ1n) is 10.4. The van der Waals surface area contributed by atoms with Crippen molar-refractivity contribution in [3.63, 3.8) is 0 Å². The second-order valence-corrected chi connectivity index (χ2v) is 10.2. The Kier molecular flexibility index (Phi) is 6.96. The van der Waals surface area contributed by atoms with Crippen molar-refractivity contribution in [2.45, 2.75) is 45.4 Å². The molecule has 0 radical (unpaired) electrons. The van der Waals surface area contributed by atoms with Gasteiger partial charge in [-0.1, -0.05) is 18.2 Å². The Labute approximate surface area is 184 Å². The summed E-state index contributed by atoms with van der Waals surface area (Å²) in [4.78, 5) is 25.0. The lowest BCUT2D eigenvalue weighted by atomic mass is 9.98. The van der Waals surface area contributed by atoms with Crippen LogP contribution in [0.15, 0.2) is 41.3 Å². The zero-order valence-corrected chi connectivity index (χ0v) is 19.3. The monoisotopic (exact) mass is 443 g/mol. The molecular formula is C24H29NO5S. The number of piperidine rings is 1. The summed E-state index contributed by atoms with van der Waals surface area (Å²) < 4.78 is 32.5. The lowest BCUT2D eigenvalue weighted by Crippen LogP contribution is -2.40. The quantitative estimate of drug-likeness (QED) is 0.502. The SMILES string of the molecule is Cc1ccc(C(=O)COC(=O)C2CCN(S(=O)(=O)c3ccc(C)c(C)c3)CC2)cc1C. The minimum absolute atomic E-state index is 0.244. The van der Waals surface area contributed by atoms with Crippen molar-refractivity contribution in [1.82, 2.24) is 4.31 Å². The second kappa shape index (κ2) is 9.32. The first-order valence-corrected chi connectivity index (χ1v) is 11.9. The van der Waals surface area contributed by atoms with E-state index in [2.05, 4.69) is 0 Å². The molecule has 0 spiro atoms. The van der Waals surface area contributed by atoms with Gasteiger partial charge >= 0.3 is 5.97 Å². The molecule has 0 N–H and O–H groups in total. The second-order valence-electron chi connectivity index (χ2n) is 8.25. The standard InChI is InChI=1S/C24H29NO5S/c1-16-5-7-21(13-18(16)3)23(26)15-30-24(27)20-9-11-25(12-10-20)31(28,29)22-8-6-17(2)19(4)14-22/h5-8,13-14,20H,9-12,15H2,1-4H3. The number of carbonyl (C=O) groups excluding carboxylic acids is 2. The van der Waals surface area contributed by atoms with Gasteiger partial charge in [-0.2, -0.15) is 4.31 Å². The summed E-state index contributed by atoms with van der Waals surface area (Å²) >= 11 is 0. The molecule has 6 nitrogen and oxygen atoms in total. The van der Waals surface area contributed by atoms with Crippen molar-refractivity contribution >= 4 is 21.8 Å². The molecule has 0 unspecified atom stereocenters. The predicted octanol–water partition coefficient (Wildman–Crippen LogP) is 3.75. The van der Waals surface area contributed by atoms with Gasteiger partial charge in [-0.05, 0) is 81.0 Å². The van der Waals surface area contributed by atoms with Gasteiger partial charge in [-0.15, -0.1) is 0 Å². The molecule has 7 heteroatoms. The van der Waals surface area contributed by atoms with Crippen LogP contribution in [0.3, 0.4) is 0 Å². The molecular weight excluding hydrogens is 414 g/mol. The third-order valence-corrected chi connectivity index (χ3v) is 7.97. The smallest absolute Gasteiger partial charge is 0.309 e. The lowest BCUT2D eigenvalue weighted by molar-refractivity contribution is -0.148. The normalized spacial score (nSPS) is 15.6. The summed E-state index contributed by atoms with van der Waals surface area (Å²) in [6.07, 6.45) is 0.751. The maximum atomic E-state index is 12.9. The Morgan fingerprint density at radius 1 is 0.903 bits per heavy atom. The minimum Gasteiger partial charge on any atom is -0.457 e. The van der Waals surface area contributed by atoms with Crippen molar-refractivity contribution in [3.05, 3.63) is 64.2 Å². The van der Waals surface area contributed by atoms with E-state index in [1.807, 2.05) is 33.8 Å². The van der Waals surface area contributed by atoms with Crippen molar-refractivity contribution in [1.29, 1.82) is 0 Å². The third-order valence-electron chi connectivity index (χ3n) is 6.08. The number of sulfonamides is 1. The van der Waals surface area contributed by atoms with Gasteiger partial charge in [0.05, 0.1) is 10.8 Å². The van der Waals surface area contributed by atoms with Crippen LogP contribution in [-0.4, -0.2) is 44.2 Å². The maximum Gasteiger partial charge on any atom is 0.309 e. The van der Waals surface area contributed by atoms with Crippen molar-refractivity contribution in [2.24, 2.45) is 5.92 Å². The molecule has 1 aliphatic rings. The fraction of sp³-hybridized carbons (Fsp3) is 0.417. The Morgan fingerprint density at radius 3 is 2.06 bits per heavy atom. The highest BCUT2D eigenvalue weighted by Gasteiger charge is 2.33. The molecule has 0 amide bonds. The Balaban J connectivity index is 1.55. The number of benzene rings is 2. The van der Waals surface area contributed by atoms with Gasteiger partial charge in [0.1, 0.15) is 0 Å². The van der Waals surface area contributed by atoms with Crippen molar-refractivity contribution in [2.75, 3.05) is 19.7 Å². The third kappa shape index (κ3) is 5.22. The number of nitrogens with zero attached hydrogens (tertiary/aromatic N) is 1. The molecule has 3 rings (SSSR count). The molecule has 31 heavy (non-hydrogen) atoms. The van der Waals surface area contributed by atoms with E-state index in [1.54, 1.807) is 30.3 Å². The highest BCUT2D eigenvalue weighted by Crippen LogP contribution is 2.26. The molecule has 0 aliphatic carbocycles. The minimum atomic E-state index is -3.59. The largest absolute Gasteiger partial charge is 0.457 e. The molecule has 2 aromatic rings. The molecule has 0 saturated carbocycles. The predicted molar refractivity (Wildman–Crippen MR) is 119 cm³/mol. The summed E-state index contributed by atoms with van der Waals surface area (Å²) in [6, 6.07) is 10.5. The summed E-state index contributed by atoms with van der Waals surface area (Å²) in [6.45, 7) is 7.92. The number of ether oxygens (including phenoxy) is 1. The van der Waals surface area contributed by atoms with Gasteiger partial charge in [-0.3, -0.25) is 9.59 Å². The van der Waals surface area contributed by atoms with Gasteiger partial charge in [0, 0.05) is 18.7 Å². The van der Waals surface area contributed by atoms with Gasteiger partial charge < -0.3 is 4.74 Å². The number of esters is 1. The number of carbonyl (C=O) groups is 2. The fourth-order valence-corrected chi connectivity index (χ4v) is 5.16. The van der Waals surface area contributed by atoms with Crippen LogP contribution < -0.4 is 0 Å². The molecule has 0 bridgehead atoms. The summed E-state index contributed by atoms with van der Waals surface area (Å²) in [7, 11) is -3.59. The van der Waals surface area contributed by atoms with Crippen LogP contribution in [0, 0.1) is 33.6 Å². The number of ketones is 1. The first kappa shape index (κ1) is 23.2. The van der Waals surface area contributed by atoms with E-state index < -0.39 is 21.9 Å². The number of rotatable bonds is 6. The lowest BCUT2D eigenvalue weighted by Gasteiger charge is -2.30. The highest BCUT2D eigenvalue weighted by molar-refractivity contribution is 7.89. The van der Waals surface area contributed by atoms with E-state index >= 15 is 0 Å². The first-order chi connectivity index (χ1) is 14.6. The molecule has 1 heterocycles. The zero-order chi connectivity index (χ0) is 22.8. The van der Waals surface area contributed by atoms with Crippen molar-refractivity contribution in [3.8, 4) is 0 Å². The number of hydrogen-bond acceptors (Lipinski definition) is 5. The van der Waals surface area contributed by atoms with Gasteiger partial charge in [-0.25, -0.2) is 8.42 Å². The molecule has 1 aliphatic heterocycles. The van der Waals surface area contributed by atoms with Crippen molar-refractivity contribution < 1.29 is 22.7 Å². The van der Waals surface area contributed by atoms with E-state index in [9.17, 15) is 18.0 Å². The summed E-state index contributed by atoms with van der Waals surface area (Å²) in [5.41, 5.74) is 4.58. The molecule has 1 saturated heterocycles. The Bertz CT molecular complexity index is 1100. The van der Waals surface area contributed by atoms with Crippen LogP contribution in [0.1, 0.15) is 45.5 Å². The number of aryl methyl sites for hydroxylation is 4. The average Bonchev–Trinajstić information content (AvgIpc) is 2.75. The van der Waals surface area contributed by atoms with Crippen LogP contribution in [0.25, 0.3) is 0 Å². The average molecular weight is 444 g/mol. The van der Waals surface area contributed by atoms with Gasteiger partial charge in [0.2, 0.25) is 10.0 Å². The zero-order valence-electron chi connectivity index (χ0n) is 18.5. The Morgan fingerprint density at radius 2 is 1.48 bits per heavy atom. The molecule has 0 atom stereocenters. The summed E-state index contributed by atoms with van der Waals surface area (Å²) in [5.74, 6) is -1.09. The number of hydrogen-bond donors (Lipinski definition) is 0. The van der Waals surface area contributed by atoms with E-state index in [0.717, 1.165) is 22.3 Å². The molecule has 1 fully saturated rings. The van der Waals surface area contributed by atoms with Gasteiger partial charge in [0.25, 0.3) is 0 Å². The van der Waals surface area contributed by atoms with Crippen LogP contribution in [0.5, 0.6) is 0 Å². The highest BCUT2D eigenvalue weighted by atomic mass is 32.2. The van der Waals surface area contributed by atoms with E-state index in [4.69, 9.17) is 4.74 Å². The molecule has 2 aromatic carbocycles. The maximum absolute atomic E-state index is 12.9. The molecule has 0 aromatic heterocycles. The Hall–Kier alpha value is -2.51.